The second-order valence-corrected chi connectivity index (χ2v) is 6.55. The molecule has 0 saturated carbocycles. The van der Waals surface area contributed by atoms with E-state index in [9.17, 15) is 14.7 Å². The number of nitrogens with zero attached hydrogens (tertiary/aromatic N) is 4. The molecule has 2 heterocycles. The predicted molar refractivity (Wildman–Crippen MR) is 93.5 cm³/mol. The van der Waals surface area contributed by atoms with Crippen molar-refractivity contribution in [1.29, 1.82) is 0 Å². The van der Waals surface area contributed by atoms with Crippen LogP contribution in [0.15, 0.2) is 24.3 Å². The third-order valence-corrected chi connectivity index (χ3v) is 4.91. The predicted octanol–water partition coefficient (Wildman–Crippen LogP) is 1.91. The maximum absolute atomic E-state index is 12.9. The van der Waals surface area contributed by atoms with Gasteiger partial charge in [0, 0.05) is 12.6 Å². The number of rotatable bonds is 4. The van der Waals surface area contributed by atoms with Gasteiger partial charge in [-0.2, -0.15) is 0 Å². The van der Waals surface area contributed by atoms with E-state index in [1.165, 1.54) is 0 Å². The van der Waals surface area contributed by atoms with Crippen LogP contribution in [0, 0.1) is 12.8 Å². The van der Waals surface area contributed by atoms with E-state index in [-0.39, 0.29) is 24.2 Å². The minimum Gasteiger partial charge on any atom is -0.497 e. The molecule has 3 rings (SSSR count). The number of methoxy groups -OCH3 is 1. The van der Waals surface area contributed by atoms with Crippen molar-refractivity contribution < 1.29 is 19.4 Å². The SMILES string of the molecule is COc1ccc(-n2nnc(C(=O)N3CC(C(=O)O)CCC3C)c2C)cc1. The number of hydrogen-bond donors (Lipinski definition) is 1. The Morgan fingerprint density at radius 3 is 2.54 bits per heavy atom. The van der Waals surface area contributed by atoms with Crippen LogP contribution < -0.4 is 4.74 Å². The quantitative estimate of drug-likeness (QED) is 0.897. The number of carbonyl (C=O) groups is 2. The third-order valence-electron chi connectivity index (χ3n) is 4.91. The number of carboxylic acid groups (broad SMARTS) is 1. The van der Waals surface area contributed by atoms with Gasteiger partial charge in [0.25, 0.3) is 5.91 Å². The molecule has 8 nitrogen and oxygen atoms in total. The topological polar surface area (TPSA) is 97.5 Å². The van der Waals surface area contributed by atoms with Gasteiger partial charge in [-0.05, 0) is 51.0 Å². The fourth-order valence-corrected chi connectivity index (χ4v) is 3.22. The minimum atomic E-state index is -0.867. The summed E-state index contributed by atoms with van der Waals surface area (Å²) in [4.78, 5) is 25.8. The number of likely N-dealkylation sites (tertiary alicyclic amines) is 1. The first-order valence-corrected chi connectivity index (χ1v) is 8.53. The summed E-state index contributed by atoms with van der Waals surface area (Å²) in [5.74, 6) is -0.953. The number of piperidine rings is 1. The standard InChI is InChI=1S/C18H22N4O4/c1-11-4-5-13(18(24)25)10-21(11)17(23)16-12(2)22(20-19-16)14-6-8-15(26-3)9-7-14/h6-9,11,13H,4-5,10H2,1-3H3,(H,24,25). The fourth-order valence-electron chi connectivity index (χ4n) is 3.22. The molecule has 138 valence electrons. The highest BCUT2D eigenvalue weighted by Crippen LogP contribution is 2.25. The molecule has 1 aromatic carbocycles. The molecule has 1 aliphatic rings. The maximum Gasteiger partial charge on any atom is 0.308 e. The molecule has 0 spiro atoms. The van der Waals surface area contributed by atoms with Crippen LogP contribution >= 0.6 is 0 Å². The number of ether oxygens (including phenoxy) is 1. The highest BCUT2D eigenvalue weighted by Gasteiger charge is 2.34. The van der Waals surface area contributed by atoms with Crippen molar-refractivity contribution in [2.75, 3.05) is 13.7 Å². The van der Waals surface area contributed by atoms with E-state index in [0.29, 0.717) is 18.5 Å². The lowest BCUT2D eigenvalue weighted by Crippen LogP contribution is -2.47. The number of amides is 1. The zero-order valence-corrected chi connectivity index (χ0v) is 15.0. The van der Waals surface area contributed by atoms with Crippen LogP contribution in [0.2, 0.25) is 0 Å². The van der Waals surface area contributed by atoms with Crippen molar-refractivity contribution in [3.8, 4) is 11.4 Å². The molecule has 1 N–H and O–H groups in total. The van der Waals surface area contributed by atoms with Crippen molar-refractivity contribution in [2.45, 2.75) is 32.7 Å². The summed E-state index contributed by atoms with van der Waals surface area (Å²) in [7, 11) is 1.59. The summed E-state index contributed by atoms with van der Waals surface area (Å²) in [6.07, 6.45) is 1.24. The number of aliphatic carboxylic acids is 1. The van der Waals surface area contributed by atoms with Crippen LogP contribution in [0.1, 0.15) is 35.9 Å². The zero-order valence-electron chi connectivity index (χ0n) is 15.0. The monoisotopic (exact) mass is 358 g/mol. The van der Waals surface area contributed by atoms with Crippen LogP contribution in [0.5, 0.6) is 5.75 Å². The minimum absolute atomic E-state index is 0.0244. The normalized spacial score (nSPS) is 20.0. The van der Waals surface area contributed by atoms with Gasteiger partial charge in [0.15, 0.2) is 5.69 Å². The molecule has 2 aromatic rings. The van der Waals surface area contributed by atoms with Gasteiger partial charge >= 0.3 is 5.97 Å². The van der Waals surface area contributed by atoms with Gasteiger partial charge in [0.2, 0.25) is 0 Å². The lowest BCUT2D eigenvalue weighted by Gasteiger charge is -2.36. The Morgan fingerprint density at radius 2 is 1.92 bits per heavy atom. The summed E-state index contributed by atoms with van der Waals surface area (Å²) in [6.45, 7) is 3.91. The highest BCUT2D eigenvalue weighted by atomic mass is 16.5. The van der Waals surface area contributed by atoms with E-state index in [0.717, 1.165) is 11.4 Å². The molecule has 2 atom stereocenters. The number of benzene rings is 1. The van der Waals surface area contributed by atoms with Crippen molar-refractivity contribution in [2.24, 2.45) is 5.92 Å². The summed E-state index contributed by atoms with van der Waals surface area (Å²) in [5, 5.41) is 17.4. The number of hydrogen-bond acceptors (Lipinski definition) is 5. The summed E-state index contributed by atoms with van der Waals surface area (Å²) in [5.41, 5.74) is 1.63. The summed E-state index contributed by atoms with van der Waals surface area (Å²) < 4.78 is 6.74. The first-order chi connectivity index (χ1) is 12.4. The Morgan fingerprint density at radius 1 is 1.23 bits per heavy atom. The van der Waals surface area contributed by atoms with Gasteiger partial charge in [0.1, 0.15) is 5.75 Å². The van der Waals surface area contributed by atoms with E-state index >= 15 is 0 Å². The molecule has 1 aliphatic heterocycles. The third kappa shape index (κ3) is 3.26. The average Bonchev–Trinajstić information content (AvgIpc) is 3.03. The first kappa shape index (κ1) is 17.9. The molecule has 1 saturated heterocycles. The molecule has 0 radical (unpaired) electrons. The second-order valence-electron chi connectivity index (χ2n) is 6.55. The Labute approximate surface area is 151 Å². The Hall–Kier alpha value is -2.90. The van der Waals surface area contributed by atoms with Gasteiger partial charge < -0.3 is 14.7 Å². The van der Waals surface area contributed by atoms with Gasteiger partial charge in [-0.3, -0.25) is 9.59 Å². The van der Waals surface area contributed by atoms with Crippen molar-refractivity contribution in [3.63, 3.8) is 0 Å². The van der Waals surface area contributed by atoms with Gasteiger partial charge in [-0.15, -0.1) is 5.10 Å². The van der Waals surface area contributed by atoms with Crippen LogP contribution in [0.3, 0.4) is 0 Å². The lowest BCUT2D eigenvalue weighted by molar-refractivity contribution is -0.143. The van der Waals surface area contributed by atoms with Crippen LogP contribution in [0.4, 0.5) is 0 Å². The zero-order chi connectivity index (χ0) is 18.8. The molecular weight excluding hydrogens is 336 g/mol. The van der Waals surface area contributed by atoms with Gasteiger partial charge in [-0.25, -0.2) is 4.68 Å². The Kier molecular flexibility index (Phi) is 4.92. The molecule has 0 aliphatic carbocycles. The molecule has 1 amide bonds. The lowest BCUT2D eigenvalue weighted by atomic mass is 9.93. The van der Waals surface area contributed by atoms with Crippen molar-refractivity contribution >= 4 is 11.9 Å². The molecule has 0 bridgehead atoms. The van der Waals surface area contributed by atoms with Gasteiger partial charge in [-0.1, -0.05) is 5.21 Å². The van der Waals surface area contributed by atoms with Crippen LogP contribution in [-0.4, -0.2) is 56.6 Å². The number of carboxylic acids is 1. The molecular formula is C18H22N4O4. The smallest absolute Gasteiger partial charge is 0.308 e. The summed E-state index contributed by atoms with van der Waals surface area (Å²) in [6, 6.07) is 7.26. The van der Waals surface area contributed by atoms with E-state index in [1.807, 2.05) is 31.2 Å². The molecule has 26 heavy (non-hydrogen) atoms. The van der Waals surface area contributed by atoms with Crippen LogP contribution in [-0.2, 0) is 4.79 Å². The Balaban J connectivity index is 1.86. The Bertz CT molecular complexity index is 815. The molecule has 1 fully saturated rings. The fraction of sp³-hybridized carbons (Fsp3) is 0.444. The van der Waals surface area contributed by atoms with Gasteiger partial charge in [0.05, 0.1) is 24.4 Å². The van der Waals surface area contributed by atoms with E-state index in [1.54, 1.807) is 23.6 Å². The largest absolute Gasteiger partial charge is 0.497 e. The van der Waals surface area contributed by atoms with Crippen molar-refractivity contribution in [3.05, 3.63) is 35.7 Å². The van der Waals surface area contributed by atoms with Crippen molar-refractivity contribution in [1.82, 2.24) is 19.9 Å². The maximum atomic E-state index is 12.9. The molecule has 2 unspecified atom stereocenters. The van der Waals surface area contributed by atoms with E-state index in [2.05, 4.69) is 10.3 Å². The second kappa shape index (κ2) is 7.15. The summed E-state index contributed by atoms with van der Waals surface area (Å²) >= 11 is 0. The number of aromatic nitrogens is 3. The van der Waals surface area contributed by atoms with Crippen LogP contribution in [0.25, 0.3) is 5.69 Å². The van der Waals surface area contributed by atoms with E-state index < -0.39 is 11.9 Å². The highest BCUT2D eigenvalue weighted by molar-refractivity contribution is 5.94. The average molecular weight is 358 g/mol. The molecule has 1 aromatic heterocycles. The first-order valence-electron chi connectivity index (χ1n) is 8.53. The van der Waals surface area contributed by atoms with E-state index in [4.69, 9.17) is 4.74 Å². The number of carbonyl (C=O) groups excluding carboxylic acids is 1. The molecule has 8 heteroatoms.